The summed E-state index contributed by atoms with van der Waals surface area (Å²) >= 11 is 0. The summed E-state index contributed by atoms with van der Waals surface area (Å²) < 4.78 is 0. The lowest BCUT2D eigenvalue weighted by Gasteiger charge is -2.23. The molecule has 0 amide bonds. The van der Waals surface area contributed by atoms with Gasteiger partial charge >= 0.3 is 0 Å². The van der Waals surface area contributed by atoms with Gasteiger partial charge in [-0.2, -0.15) is 0 Å². The van der Waals surface area contributed by atoms with E-state index in [1.807, 2.05) is 0 Å². The molecule has 0 bridgehead atoms. The summed E-state index contributed by atoms with van der Waals surface area (Å²) in [6.45, 7) is 4.61. The average Bonchev–Trinajstić information content (AvgIpc) is 2.63. The van der Waals surface area contributed by atoms with Gasteiger partial charge in [0.15, 0.2) is 0 Å². The highest BCUT2D eigenvalue weighted by Gasteiger charge is 2.36. The predicted octanol–water partition coefficient (Wildman–Crippen LogP) is 2.25. The SMILES string of the molecule is CCC(CC)C1NC2CCCCC2N1. The maximum absolute atomic E-state index is 3.78. The second-order valence-corrected chi connectivity index (χ2v) is 4.89. The molecule has 1 aliphatic carbocycles. The van der Waals surface area contributed by atoms with E-state index in [0.717, 1.165) is 18.0 Å². The van der Waals surface area contributed by atoms with E-state index in [4.69, 9.17) is 0 Å². The second-order valence-electron chi connectivity index (χ2n) is 4.89. The molecule has 2 heteroatoms. The molecule has 2 aliphatic rings. The molecule has 1 aliphatic heterocycles. The van der Waals surface area contributed by atoms with Crippen LogP contribution in [0.2, 0.25) is 0 Å². The van der Waals surface area contributed by atoms with Crippen molar-refractivity contribution in [3.8, 4) is 0 Å². The van der Waals surface area contributed by atoms with Crippen LogP contribution in [0.5, 0.6) is 0 Å². The van der Waals surface area contributed by atoms with Crippen molar-refractivity contribution in [2.24, 2.45) is 5.92 Å². The van der Waals surface area contributed by atoms with Gasteiger partial charge in [-0.15, -0.1) is 0 Å². The van der Waals surface area contributed by atoms with E-state index in [0.29, 0.717) is 6.17 Å². The van der Waals surface area contributed by atoms with Crippen LogP contribution in [0.15, 0.2) is 0 Å². The zero-order valence-electron chi connectivity index (χ0n) is 9.55. The molecule has 0 radical (unpaired) electrons. The largest absolute Gasteiger partial charge is 0.297 e. The van der Waals surface area contributed by atoms with Gasteiger partial charge in [0.05, 0.1) is 6.17 Å². The molecule has 2 N–H and O–H groups in total. The molecule has 0 aromatic carbocycles. The minimum atomic E-state index is 0.595. The summed E-state index contributed by atoms with van der Waals surface area (Å²) in [5.74, 6) is 0.820. The van der Waals surface area contributed by atoms with Crippen LogP contribution < -0.4 is 10.6 Å². The minimum Gasteiger partial charge on any atom is -0.297 e. The molecule has 2 rings (SSSR count). The van der Waals surface area contributed by atoms with Crippen molar-refractivity contribution < 1.29 is 0 Å². The van der Waals surface area contributed by atoms with Gasteiger partial charge in [-0.3, -0.25) is 10.6 Å². The number of hydrogen-bond donors (Lipinski definition) is 2. The Balaban J connectivity index is 1.91. The molecular formula is C12H24N2. The molecule has 14 heavy (non-hydrogen) atoms. The number of nitrogens with one attached hydrogen (secondary N) is 2. The van der Waals surface area contributed by atoms with Crippen molar-refractivity contribution in [2.75, 3.05) is 0 Å². The maximum Gasteiger partial charge on any atom is 0.0605 e. The van der Waals surface area contributed by atoms with Crippen molar-refractivity contribution in [1.29, 1.82) is 0 Å². The van der Waals surface area contributed by atoms with Gasteiger partial charge in [-0.25, -0.2) is 0 Å². The van der Waals surface area contributed by atoms with Crippen LogP contribution in [0.4, 0.5) is 0 Å². The summed E-state index contributed by atoms with van der Waals surface area (Å²) in [6.07, 6.45) is 8.79. The van der Waals surface area contributed by atoms with Gasteiger partial charge in [-0.05, 0) is 18.8 Å². The van der Waals surface area contributed by atoms with Gasteiger partial charge in [0.25, 0.3) is 0 Å². The standard InChI is InChI=1S/C12H24N2/c1-3-9(4-2)12-13-10-7-5-6-8-11(10)14-12/h9-14H,3-8H2,1-2H3. The molecule has 1 heterocycles. The Morgan fingerprint density at radius 3 is 1.93 bits per heavy atom. The van der Waals surface area contributed by atoms with E-state index in [-0.39, 0.29) is 0 Å². The normalized spacial score (nSPS) is 37.5. The Bertz CT molecular complexity index is 163. The van der Waals surface area contributed by atoms with E-state index in [2.05, 4.69) is 24.5 Å². The third-order valence-corrected chi connectivity index (χ3v) is 4.07. The molecule has 2 atom stereocenters. The lowest BCUT2D eigenvalue weighted by molar-refractivity contribution is 0.329. The van der Waals surface area contributed by atoms with Gasteiger partial charge in [0.1, 0.15) is 0 Å². The number of rotatable bonds is 3. The lowest BCUT2D eigenvalue weighted by Crippen LogP contribution is -2.40. The summed E-state index contributed by atoms with van der Waals surface area (Å²) in [5, 5.41) is 7.57. The fourth-order valence-corrected chi connectivity index (χ4v) is 3.07. The van der Waals surface area contributed by atoms with E-state index in [1.54, 1.807) is 0 Å². The molecule has 2 nitrogen and oxygen atoms in total. The molecule has 0 aromatic heterocycles. The highest BCUT2D eigenvalue weighted by Crippen LogP contribution is 2.26. The van der Waals surface area contributed by atoms with E-state index >= 15 is 0 Å². The monoisotopic (exact) mass is 196 g/mol. The predicted molar refractivity (Wildman–Crippen MR) is 60.2 cm³/mol. The van der Waals surface area contributed by atoms with Crippen molar-refractivity contribution in [3.63, 3.8) is 0 Å². The van der Waals surface area contributed by atoms with Crippen LogP contribution in [0.3, 0.4) is 0 Å². The molecule has 1 saturated heterocycles. The Kier molecular flexibility index (Phi) is 3.45. The Morgan fingerprint density at radius 1 is 1.00 bits per heavy atom. The zero-order chi connectivity index (χ0) is 9.97. The van der Waals surface area contributed by atoms with Crippen LogP contribution in [0.25, 0.3) is 0 Å². The van der Waals surface area contributed by atoms with Crippen molar-refractivity contribution in [2.45, 2.75) is 70.6 Å². The fraction of sp³-hybridized carbons (Fsp3) is 1.00. The first kappa shape index (κ1) is 10.4. The minimum absolute atomic E-state index is 0.595. The molecule has 0 aromatic rings. The van der Waals surface area contributed by atoms with E-state index < -0.39 is 0 Å². The summed E-state index contributed by atoms with van der Waals surface area (Å²) in [5.41, 5.74) is 0. The smallest absolute Gasteiger partial charge is 0.0605 e. The maximum atomic E-state index is 3.78. The van der Waals surface area contributed by atoms with Crippen LogP contribution in [-0.2, 0) is 0 Å². The zero-order valence-corrected chi connectivity index (χ0v) is 9.55. The quantitative estimate of drug-likeness (QED) is 0.723. The highest BCUT2D eigenvalue weighted by atomic mass is 15.2. The summed E-state index contributed by atoms with van der Waals surface area (Å²) in [7, 11) is 0. The summed E-state index contributed by atoms with van der Waals surface area (Å²) in [4.78, 5) is 0. The van der Waals surface area contributed by atoms with Gasteiger partial charge in [0, 0.05) is 12.1 Å². The molecule has 1 saturated carbocycles. The third kappa shape index (κ3) is 1.96. The Labute approximate surface area is 87.8 Å². The third-order valence-electron chi connectivity index (χ3n) is 4.07. The molecular weight excluding hydrogens is 172 g/mol. The first-order chi connectivity index (χ1) is 6.85. The van der Waals surface area contributed by atoms with Crippen molar-refractivity contribution >= 4 is 0 Å². The topological polar surface area (TPSA) is 24.1 Å². The first-order valence-electron chi connectivity index (χ1n) is 6.37. The van der Waals surface area contributed by atoms with Crippen molar-refractivity contribution in [3.05, 3.63) is 0 Å². The Morgan fingerprint density at radius 2 is 1.50 bits per heavy atom. The van der Waals surface area contributed by atoms with E-state index in [1.165, 1.54) is 38.5 Å². The average molecular weight is 196 g/mol. The second kappa shape index (κ2) is 4.63. The fourth-order valence-electron chi connectivity index (χ4n) is 3.07. The number of fused-ring (bicyclic) bond motifs is 1. The van der Waals surface area contributed by atoms with E-state index in [9.17, 15) is 0 Å². The molecule has 82 valence electrons. The van der Waals surface area contributed by atoms with Crippen LogP contribution in [0.1, 0.15) is 52.4 Å². The first-order valence-corrected chi connectivity index (χ1v) is 6.37. The van der Waals surface area contributed by atoms with Crippen LogP contribution in [0, 0.1) is 5.92 Å². The van der Waals surface area contributed by atoms with Gasteiger partial charge in [0.2, 0.25) is 0 Å². The Hall–Kier alpha value is -0.0800. The van der Waals surface area contributed by atoms with Crippen molar-refractivity contribution in [1.82, 2.24) is 10.6 Å². The van der Waals surface area contributed by atoms with Gasteiger partial charge < -0.3 is 0 Å². The van der Waals surface area contributed by atoms with Gasteiger partial charge in [-0.1, -0.05) is 39.5 Å². The molecule has 0 spiro atoms. The van der Waals surface area contributed by atoms with Crippen LogP contribution in [-0.4, -0.2) is 18.2 Å². The van der Waals surface area contributed by atoms with Crippen LogP contribution >= 0.6 is 0 Å². The molecule has 2 unspecified atom stereocenters. The highest BCUT2D eigenvalue weighted by molar-refractivity contribution is 4.96. The lowest BCUT2D eigenvalue weighted by atomic mass is 9.92. The number of hydrogen-bond acceptors (Lipinski definition) is 2. The summed E-state index contributed by atoms with van der Waals surface area (Å²) in [6, 6.07) is 1.55. The molecule has 2 fully saturated rings.